The van der Waals surface area contributed by atoms with Crippen molar-refractivity contribution in [1.29, 1.82) is 5.26 Å². The molecule has 0 radical (unpaired) electrons. The fourth-order valence-electron chi connectivity index (χ4n) is 4.24. The lowest BCUT2D eigenvalue weighted by Gasteiger charge is -2.28. The number of rotatable bonds is 10. The summed E-state index contributed by atoms with van der Waals surface area (Å²) < 4.78 is 38.2. The minimum atomic E-state index is -1.06. The molecule has 0 amide bonds. The SMILES string of the molecule is CCCCOC[C@H]1CC[C@H](CCc2ccc(C(=O)Oc3cc(F)c(C#N)c(F)c3)cc2)CC1. The van der Waals surface area contributed by atoms with E-state index in [4.69, 9.17) is 14.7 Å². The molecule has 0 bridgehead atoms. The van der Waals surface area contributed by atoms with Crippen LogP contribution in [0.4, 0.5) is 8.78 Å². The van der Waals surface area contributed by atoms with Crippen LogP contribution in [0.3, 0.4) is 0 Å². The summed E-state index contributed by atoms with van der Waals surface area (Å²) in [6, 6.07) is 10.2. The number of aryl methyl sites for hydroxylation is 1. The number of hydrogen-bond acceptors (Lipinski definition) is 4. The molecule has 0 N–H and O–H groups in total. The van der Waals surface area contributed by atoms with E-state index in [-0.39, 0.29) is 5.75 Å². The van der Waals surface area contributed by atoms with E-state index in [1.807, 2.05) is 12.1 Å². The Balaban J connectivity index is 1.43. The predicted octanol–water partition coefficient (Wildman–Crippen LogP) is 6.61. The van der Waals surface area contributed by atoms with Gasteiger partial charge in [0.25, 0.3) is 0 Å². The van der Waals surface area contributed by atoms with Crippen LogP contribution < -0.4 is 4.74 Å². The molecule has 2 aromatic rings. The first kappa shape index (κ1) is 24.9. The summed E-state index contributed by atoms with van der Waals surface area (Å²) in [7, 11) is 0. The van der Waals surface area contributed by atoms with Gasteiger partial charge in [-0.05, 0) is 61.6 Å². The maximum Gasteiger partial charge on any atom is 0.343 e. The summed E-state index contributed by atoms with van der Waals surface area (Å²) >= 11 is 0. The molecule has 4 nitrogen and oxygen atoms in total. The Bertz CT molecular complexity index is 937. The zero-order chi connectivity index (χ0) is 23.6. The van der Waals surface area contributed by atoms with E-state index in [0.29, 0.717) is 11.5 Å². The summed E-state index contributed by atoms with van der Waals surface area (Å²) in [5.41, 5.74) is 0.743. The van der Waals surface area contributed by atoms with Gasteiger partial charge >= 0.3 is 5.97 Å². The topological polar surface area (TPSA) is 59.3 Å². The lowest BCUT2D eigenvalue weighted by atomic mass is 9.80. The average Bonchev–Trinajstić information content (AvgIpc) is 2.81. The first-order valence-corrected chi connectivity index (χ1v) is 11.8. The molecule has 0 atom stereocenters. The minimum absolute atomic E-state index is 0.274. The lowest BCUT2D eigenvalue weighted by molar-refractivity contribution is 0.0733. The second-order valence-electron chi connectivity index (χ2n) is 8.81. The molecular formula is C27H31F2NO3. The average molecular weight is 456 g/mol. The van der Waals surface area contributed by atoms with Crippen LogP contribution in [0.15, 0.2) is 36.4 Å². The molecule has 6 heteroatoms. The number of carbonyl (C=O) groups excluding carboxylic acids is 1. The summed E-state index contributed by atoms with van der Waals surface area (Å²) in [5, 5.41) is 8.72. The van der Waals surface area contributed by atoms with Gasteiger partial charge in [-0.25, -0.2) is 13.6 Å². The Morgan fingerprint density at radius 2 is 1.70 bits per heavy atom. The largest absolute Gasteiger partial charge is 0.423 e. The molecule has 0 aromatic heterocycles. The number of nitriles is 1. The standard InChI is InChI=1S/C27H31F2NO3/c1-2-3-14-32-18-21-8-6-19(7-9-21)4-5-20-10-12-22(13-11-20)27(31)33-23-15-25(28)24(17-30)26(29)16-23/h10-13,15-16,19,21H,2-9,14,18H2,1H3/t19-,21-. The van der Waals surface area contributed by atoms with E-state index in [1.54, 1.807) is 12.1 Å². The first-order chi connectivity index (χ1) is 16.0. The van der Waals surface area contributed by atoms with Crippen molar-refractivity contribution in [1.82, 2.24) is 0 Å². The van der Waals surface area contributed by atoms with Gasteiger partial charge in [-0.3, -0.25) is 0 Å². The molecule has 176 valence electrons. The van der Waals surface area contributed by atoms with Gasteiger partial charge in [-0.1, -0.05) is 38.3 Å². The molecule has 1 aliphatic carbocycles. The van der Waals surface area contributed by atoms with Crippen LogP contribution in [-0.2, 0) is 11.2 Å². The molecule has 0 unspecified atom stereocenters. The van der Waals surface area contributed by atoms with Crippen molar-refractivity contribution in [2.24, 2.45) is 11.8 Å². The Morgan fingerprint density at radius 1 is 1.06 bits per heavy atom. The molecule has 0 aliphatic heterocycles. The number of hydrogen-bond donors (Lipinski definition) is 0. The molecular weight excluding hydrogens is 424 g/mol. The van der Waals surface area contributed by atoms with Crippen LogP contribution in [0, 0.1) is 34.8 Å². The summed E-state index contributed by atoms with van der Waals surface area (Å²) in [5.74, 6) is -1.68. The van der Waals surface area contributed by atoms with Gasteiger partial charge in [-0.2, -0.15) is 5.26 Å². The molecule has 33 heavy (non-hydrogen) atoms. The molecule has 1 aliphatic rings. The monoisotopic (exact) mass is 455 g/mol. The quantitative estimate of drug-likeness (QED) is 0.230. The molecule has 1 saturated carbocycles. The van der Waals surface area contributed by atoms with E-state index in [2.05, 4.69) is 6.92 Å². The Kier molecular flexibility index (Phi) is 9.38. The van der Waals surface area contributed by atoms with Crippen molar-refractivity contribution >= 4 is 5.97 Å². The third-order valence-electron chi connectivity index (χ3n) is 6.33. The van der Waals surface area contributed by atoms with Crippen molar-refractivity contribution in [3.8, 4) is 11.8 Å². The first-order valence-electron chi connectivity index (χ1n) is 11.8. The van der Waals surface area contributed by atoms with Gasteiger partial charge in [0.2, 0.25) is 0 Å². The molecule has 0 spiro atoms. The summed E-state index contributed by atoms with van der Waals surface area (Å²) in [6.45, 7) is 3.95. The van der Waals surface area contributed by atoms with Crippen molar-refractivity contribution in [2.75, 3.05) is 13.2 Å². The van der Waals surface area contributed by atoms with Gasteiger partial charge in [0.1, 0.15) is 29.0 Å². The van der Waals surface area contributed by atoms with E-state index in [0.717, 1.165) is 56.1 Å². The number of ether oxygens (including phenoxy) is 2. The van der Waals surface area contributed by atoms with E-state index in [9.17, 15) is 13.6 Å². The molecule has 2 aromatic carbocycles. The number of nitrogens with zero attached hydrogens (tertiary/aromatic N) is 1. The van der Waals surface area contributed by atoms with E-state index >= 15 is 0 Å². The van der Waals surface area contributed by atoms with E-state index < -0.39 is 23.2 Å². The predicted molar refractivity (Wildman–Crippen MR) is 122 cm³/mol. The van der Waals surface area contributed by atoms with Crippen molar-refractivity contribution in [3.05, 3.63) is 64.7 Å². The highest BCUT2D eigenvalue weighted by atomic mass is 19.1. The van der Waals surface area contributed by atoms with Crippen molar-refractivity contribution in [2.45, 2.75) is 58.3 Å². The van der Waals surface area contributed by atoms with E-state index in [1.165, 1.54) is 38.2 Å². The molecule has 3 rings (SSSR count). The highest BCUT2D eigenvalue weighted by Crippen LogP contribution is 2.32. The van der Waals surface area contributed by atoms with Crippen LogP contribution in [0.5, 0.6) is 5.75 Å². The van der Waals surface area contributed by atoms with Gasteiger partial charge in [0, 0.05) is 25.3 Å². The normalized spacial score (nSPS) is 18.0. The lowest BCUT2D eigenvalue weighted by Crippen LogP contribution is -2.19. The molecule has 1 fully saturated rings. The summed E-state index contributed by atoms with van der Waals surface area (Å²) in [4.78, 5) is 12.3. The number of unbranched alkanes of at least 4 members (excludes halogenated alkanes) is 1. The van der Waals surface area contributed by atoms with Crippen LogP contribution in [0.2, 0.25) is 0 Å². The molecule has 0 heterocycles. The van der Waals surface area contributed by atoms with Gasteiger partial charge in [0.05, 0.1) is 5.56 Å². The van der Waals surface area contributed by atoms with Crippen LogP contribution in [0.1, 0.15) is 73.4 Å². The third-order valence-corrected chi connectivity index (χ3v) is 6.33. The number of benzene rings is 2. The Hall–Kier alpha value is -2.78. The second kappa shape index (κ2) is 12.5. The molecule has 0 saturated heterocycles. The maximum atomic E-state index is 13.7. The maximum absolute atomic E-state index is 13.7. The van der Waals surface area contributed by atoms with Crippen LogP contribution in [0.25, 0.3) is 0 Å². The van der Waals surface area contributed by atoms with Gasteiger partial charge in [-0.15, -0.1) is 0 Å². The fraction of sp³-hybridized carbons (Fsp3) is 0.481. The minimum Gasteiger partial charge on any atom is -0.423 e. The number of carbonyl (C=O) groups is 1. The van der Waals surface area contributed by atoms with Crippen LogP contribution in [-0.4, -0.2) is 19.2 Å². The smallest absolute Gasteiger partial charge is 0.343 e. The van der Waals surface area contributed by atoms with Crippen molar-refractivity contribution in [3.63, 3.8) is 0 Å². The van der Waals surface area contributed by atoms with Gasteiger partial charge in [0.15, 0.2) is 0 Å². The highest BCUT2D eigenvalue weighted by molar-refractivity contribution is 5.91. The Labute approximate surface area is 194 Å². The summed E-state index contributed by atoms with van der Waals surface area (Å²) in [6.07, 6.45) is 9.33. The highest BCUT2D eigenvalue weighted by Gasteiger charge is 2.21. The number of esters is 1. The Morgan fingerprint density at radius 3 is 2.30 bits per heavy atom. The zero-order valence-electron chi connectivity index (χ0n) is 19.1. The second-order valence-corrected chi connectivity index (χ2v) is 8.81. The third kappa shape index (κ3) is 7.36. The zero-order valence-corrected chi connectivity index (χ0v) is 19.1. The fourth-order valence-corrected chi connectivity index (χ4v) is 4.24. The van der Waals surface area contributed by atoms with Gasteiger partial charge < -0.3 is 9.47 Å². The number of halogens is 2. The van der Waals surface area contributed by atoms with Crippen LogP contribution >= 0.6 is 0 Å². The van der Waals surface area contributed by atoms with Crippen molar-refractivity contribution < 1.29 is 23.0 Å².